The van der Waals surface area contributed by atoms with Gasteiger partial charge in [0.2, 0.25) is 0 Å². The van der Waals surface area contributed by atoms with Gasteiger partial charge in [0.25, 0.3) is 0 Å². The minimum absolute atomic E-state index is 0.854. The summed E-state index contributed by atoms with van der Waals surface area (Å²) >= 11 is 7.53. The van der Waals surface area contributed by atoms with Crippen molar-refractivity contribution in [2.75, 3.05) is 20.1 Å². The first-order valence-corrected chi connectivity index (χ1v) is 7.64. The van der Waals surface area contributed by atoms with Crippen molar-refractivity contribution in [3.63, 3.8) is 0 Å². The third kappa shape index (κ3) is 6.26. The van der Waals surface area contributed by atoms with E-state index in [1.807, 2.05) is 6.07 Å². The summed E-state index contributed by atoms with van der Waals surface area (Å²) in [6, 6.07) is 4.02. The molecule has 1 aromatic heterocycles. The van der Waals surface area contributed by atoms with E-state index in [0.29, 0.717) is 0 Å². The largest absolute Gasteiger partial charge is 0.356 e. The summed E-state index contributed by atoms with van der Waals surface area (Å²) in [6.45, 7) is 4.07. The molecule has 0 aliphatic heterocycles. The van der Waals surface area contributed by atoms with Gasteiger partial charge in [-0.25, -0.2) is 0 Å². The van der Waals surface area contributed by atoms with E-state index >= 15 is 0 Å². The summed E-state index contributed by atoms with van der Waals surface area (Å²) in [4.78, 5) is 5.49. The number of unbranched alkanes of at least 4 members (excludes halogenated alkanes) is 2. The standard InChI is InChI=1S/C13H22ClN3S/c1-3-4-5-9-16-13(15-2)17-10-8-11-6-7-12(14)18-11/h6-7H,3-5,8-10H2,1-2H3,(H2,15,16,17). The normalized spacial score (nSPS) is 11.6. The summed E-state index contributed by atoms with van der Waals surface area (Å²) in [5, 5.41) is 6.62. The lowest BCUT2D eigenvalue weighted by Crippen LogP contribution is -2.38. The third-order valence-corrected chi connectivity index (χ3v) is 3.88. The monoisotopic (exact) mass is 287 g/mol. The minimum atomic E-state index is 0.854. The zero-order chi connectivity index (χ0) is 13.2. The summed E-state index contributed by atoms with van der Waals surface area (Å²) < 4.78 is 0.854. The zero-order valence-electron chi connectivity index (χ0n) is 11.1. The third-order valence-electron chi connectivity index (χ3n) is 2.59. The number of hydrogen-bond donors (Lipinski definition) is 2. The first-order chi connectivity index (χ1) is 8.76. The maximum atomic E-state index is 5.89. The lowest BCUT2D eigenvalue weighted by atomic mass is 10.2. The Morgan fingerprint density at radius 1 is 1.28 bits per heavy atom. The SMILES string of the molecule is CCCCCNC(=NC)NCCc1ccc(Cl)s1. The Hall–Kier alpha value is -0.740. The summed E-state index contributed by atoms with van der Waals surface area (Å²) in [7, 11) is 1.80. The maximum absolute atomic E-state index is 5.89. The van der Waals surface area contributed by atoms with Crippen molar-refractivity contribution < 1.29 is 0 Å². The molecule has 0 bridgehead atoms. The fourth-order valence-corrected chi connectivity index (χ4v) is 2.68. The highest BCUT2D eigenvalue weighted by atomic mass is 35.5. The van der Waals surface area contributed by atoms with Gasteiger partial charge in [0.1, 0.15) is 0 Å². The number of guanidine groups is 1. The second kappa shape index (κ2) is 9.22. The molecule has 1 rings (SSSR count). The van der Waals surface area contributed by atoms with Crippen LogP contribution in [0.25, 0.3) is 0 Å². The first kappa shape index (κ1) is 15.3. The van der Waals surface area contributed by atoms with Crippen LogP contribution >= 0.6 is 22.9 Å². The molecule has 102 valence electrons. The molecule has 0 aliphatic rings. The van der Waals surface area contributed by atoms with Gasteiger partial charge >= 0.3 is 0 Å². The van der Waals surface area contributed by atoms with Crippen molar-refractivity contribution in [2.24, 2.45) is 4.99 Å². The number of nitrogens with zero attached hydrogens (tertiary/aromatic N) is 1. The van der Waals surface area contributed by atoms with E-state index in [2.05, 4.69) is 28.6 Å². The van der Waals surface area contributed by atoms with Crippen LogP contribution in [0.1, 0.15) is 31.1 Å². The number of aliphatic imine (C=N–C) groups is 1. The first-order valence-electron chi connectivity index (χ1n) is 6.45. The number of thiophene rings is 1. The van der Waals surface area contributed by atoms with Gasteiger partial charge in [-0.3, -0.25) is 4.99 Å². The molecule has 3 nitrogen and oxygen atoms in total. The highest BCUT2D eigenvalue weighted by Gasteiger charge is 1.99. The van der Waals surface area contributed by atoms with Crippen LogP contribution < -0.4 is 10.6 Å². The topological polar surface area (TPSA) is 36.4 Å². The minimum Gasteiger partial charge on any atom is -0.356 e. The molecule has 18 heavy (non-hydrogen) atoms. The number of rotatable bonds is 7. The fraction of sp³-hybridized carbons (Fsp3) is 0.615. The van der Waals surface area contributed by atoms with Crippen molar-refractivity contribution in [1.29, 1.82) is 0 Å². The molecule has 0 aliphatic carbocycles. The molecule has 0 atom stereocenters. The van der Waals surface area contributed by atoms with Crippen LogP contribution in [-0.4, -0.2) is 26.1 Å². The molecule has 0 saturated heterocycles. The van der Waals surface area contributed by atoms with Crippen molar-refractivity contribution in [2.45, 2.75) is 32.6 Å². The second-order valence-electron chi connectivity index (χ2n) is 4.09. The van der Waals surface area contributed by atoms with Crippen LogP contribution in [0.3, 0.4) is 0 Å². The van der Waals surface area contributed by atoms with Crippen LogP contribution in [0.15, 0.2) is 17.1 Å². The molecule has 0 aromatic carbocycles. The zero-order valence-corrected chi connectivity index (χ0v) is 12.7. The Bertz CT molecular complexity index is 363. The van der Waals surface area contributed by atoms with E-state index in [1.165, 1.54) is 24.1 Å². The molecule has 0 saturated carbocycles. The molecule has 0 unspecified atom stereocenters. The Morgan fingerprint density at radius 3 is 2.67 bits per heavy atom. The fourth-order valence-electron chi connectivity index (χ4n) is 1.59. The van der Waals surface area contributed by atoms with E-state index in [9.17, 15) is 0 Å². The highest BCUT2D eigenvalue weighted by Crippen LogP contribution is 2.21. The van der Waals surface area contributed by atoms with E-state index in [1.54, 1.807) is 18.4 Å². The van der Waals surface area contributed by atoms with Gasteiger partial charge in [0, 0.05) is 25.0 Å². The Kier molecular flexibility index (Phi) is 7.85. The number of hydrogen-bond acceptors (Lipinski definition) is 2. The molecule has 5 heteroatoms. The van der Waals surface area contributed by atoms with Gasteiger partial charge in [0.15, 0.2) is 5.96 Å². The molecular formula is C13H22ClN3S. The number of nitrogens with one attached hydrogen (secondary N) is 2. The molecule has 1 aromatic rings. The van der Waals surface area contributed by atoms with Crippen molar-refractivity contribution in [3.05, 3.63) is 21.3 Å². The van der Waals surface area contributed by atoms with Crippen LogP contribution in [0.2, 0.25) is 4.34 Å². The second-order valence-corrected chi connectivity index (χ2v) is 5.89. The molecular weight excluding hydrogens is 266 g/mol. The van der Waals surface area contributed by atoms with E-state index in [-0.39, 0.29) is 0 Å². The highest BCUT2D eigenvalue weighted by molar-refractivity contribution is 7.16. The van der Waals surface area contributed by atoms with Crippen molar-refractivity contribution in [1.82, 2.24) is 10.6 Å². The van der Waals surface area contributed by atoms with Crippen LogP contribution in [0.4, 0.5) is 0 Å². The van der Waals surface area contributed by atoms with E-state index in [0.717, 1.165) is 29.8 Å². The summed E-state index contributed by atoms with van der Waals surface area (Å²) in [5.41, 5.74) is 0. The van der Waals surface area contributed by atoms with E-state index < -0.39 is 0 Å². The summed E-state index contributed by atoms with van der Waals surface area (Å²) in [5.74, 6) is 0.883. The Balaban J connectivity index is 2.15. The van der Waals surface area contributed by atoms with Gasteiger partial charge in [0.05, 0.1) is 4.34 Å². The van der Waals surface area contributed by atoms with Crippen LogP contribution in [-0.2, 0) is 6.42 Å². The average molecular weight is 288 g/mol. The van der Waals surface area contributed by atoms with Gasteiger partial charge in [-0.2, -0.15) is 0 Å². The van der Waals surface area contributed by atoms with Gasteiger partial charge in [-0.1, -0.05) is 31.4 Å². The predicted molar refractivity (Wildman–Crippen MR) is 81.9 cm³/mol. The predicted octanol–water partition coefficient (Wildman–Crippen LogP) is 3.30. The smallest absolute Gasteiger partial charge is 0.190 e. The maximum Gasteiger partial charge on any atom is 0.190 e. The van der Waals surface area contributed by atoms with Gasteiger partial charge in [-0.15, -0.1) is 11.3 Å². The average Bonchev–Trinajstić information content (AvgIpc) is 2.78. The van der Waals surface area contributed by atoms with Crippen molar-refractivity contribution in [3.8, 4) is 0 Å². The van der Waals surface area contributed by atoms with Gasteiger partial charge in [-0.05, 0) is 25.0 Å². The van der Waals surface area contributed by atoms with Gasteiger partial charge < -0.3 is 10.6 Å². The Morgan fingerprint density at radius 2 is 2.06 bits per heavy atom. The molecule has 0 radical (unpaired) electrons. The Labute approximate surface area is 119 Å². The lowest BCUT2D eigenvalue weighted by Gasteiger charge is -2.11. The molecule has 1 heterocycles. The lowest BCUT2D eigenvalue weighted by molar-refractivity contribution is 0.682. The van der Waals surface area contributed by atoms with E-state index in [4.69, 9.17) is 11.6 Å². The molecule has 2 N–H and O–H groups in total. The molecule has 0 amide bonds. The molecule has 0 spiro atoms. The van der Waals surface area contributed by atoms with Crippen molar-refractivity contribution >= 4 is 28.9 Å². The number of halogens is 1. The quantitative estimate of drug-likeness (QED) is 0.459. The molecule has 0 fully saturated rings. The van der Waals surface area contributed by atoms with Crippen LogP contribution in [0.5, 0.6) is 0 Å². The van der Waals surface area contributed by atoms with Crippen LogP contribution in [0, 0.1) is 0 Å². The summed E-state index contributed by atoms with van der Waals surface area (Å²) in [6.07, 6.45) is 4.68.